The van der Waals surface area contributed by atoms with Gasteiger partial charge in [0, 0.05) is 12.2 Å². The number of amides is 2. The molecule has 2 fully saturated rings. The van der Waals surface area contributed by atoms with Gasteiger partial charge in [-0.3, -0.25) is 9.59 Å². The number of nitrogens with zero attached hydrogens (tertiary/aromatic N) is 4. The highest BCUT2D eigenvalue weighted by molar-refractivity contribution is 5.99. The number of pyridine rings is 2. The summed E-state index contributed by atoms with van der Waals surface area (Å²) in [5, 5.41) is 20.9. The van der Waals surface area contributed by atoms with Crippen molar-refractivity contribution in [2.24, 2.45) is 11.1 Å². The topological polar surface area (TPSA) is 154 Å². The fourth-order valence-electron chi connectivity index (χ4n) is 4.88. The van der Waals surface area contributed by atoms with Crippen molar-refractivity contribution < 1.29 is 24.2 Å². The molecule has 184 valence electrons. The normalized spacial score (nSPS) is 23.4. The molecule has 4 N–H and O–H groups in total. The third-order valence-corrected chi connectivity index (χ3v) is 6.52. The highest BCUT2D eigenvalue weighted by Crippen LogP contribution is 2.56. The van der Waals surface area contributed by atoms with E-state index in [1.807, 2.05) is 0 Å². The quantitative estimate of drug-likeness (QED) is 0.438. The Hall–Kier alpha value is -3.73. The maximum absolute atomic E-state index is 12.8. The number of hydrogen-bond acceptors (Lipinski definition) is 8. The Kier molecular flexibility index (Phi) is 5.59. The molecule has 2 aliphatic rings. The first-order chi connectivity index (χ1) is 16.6. The Morgan fingerprint density at radius 2 is 2.03 bits per heavy atom. The molecule has 2 amide bonds. The summed E-state index contributed by atoms with van der Waals surface area (Å²) in [4.78, 5) is 28.5. The lowest BCUT2D eigenvalue weighted by atomic mass is 9.53. The molecule has 35 heavy (non-hydrogen) atoms. The molecule has 0 aliphatic heterocycles. The summed E-state index contributed by atoms with van der Waals surface area (Å²) in [7, 11) is 0. The van der Waals surface area contributed by atoms with Gasteiger partial charge in [0.2, 0.25) is 5.88 Å². The van der Waals surface area contributed by atoms with Gasteiger partial charge in [0.05, 0.1) is 17.3 Å². The molecule has 11 heteroatoms. The highest BCUT2D eigenvalue weighted by atomic mass is 16.5. The molecule has 5 rings (SSSR count). The molecular weight excluding hydrogens is 452 g/mol. The molecule has 2 saturated carbocycles. The van der Waals surface area contributed by atoms with Gasteiger partial charge in [-0.05, 0) is 69.2 Å². The average Bonchev–Trinajstić information content (AvgIpc) is 3.17. The zero-order valence-corrected chi connectivity index (χ0v) is 19.6. The minimum Gasteiger partial charge on any atom is -0.489 e. The van der Waals surface area contributed by atoms with Crippen molar-refractivity contribution in [3.63, 3.8) is 0 Å². The number of primary amides is 1. The monoisotopic (exact) mass is 480 g/mol. The van der Waals surface area contributed by atoms with Crippen LogP contribution in [0.25, 0.3) is 5.52 Å². The van der Waals surface area contributed by atoms with Crippen molar-refractivity contribution in [1.82, 2.24) is 25.1 Å². The molecule has 0 unspecified atom stereocenters. The van der Waals surface area contributed by atoms with E-state index in [1.54, 1.807) is 50.5 Å². The number of fused-ring (bicyclic) bond motifs is 1. The van der Waals surface area contributed by atoms with E-state index in [9.17, 15) is 14.7 Å². The minimum atomic E-state index is -0.958. The third-order valence-electron chi connectivity index (χ3n) is 6.52. The minimum absolute atomic E-state index is 0.0197. The lowest BCUT2D eigenvalue weighted by Crippen LogP contribution is -2.58. The number of ether oxygens (including phenoxy) is 2. The summed E-state index contributed by atoms with van der Waals surface area (Å²) in [6.45, 7) is 3.44. The number of hydrogen-bond donors (Lipinski definition) is 3. The van der Waals surface area contributed by atoms with E-state index in [0.717, 1.165) is 25.7 Å². The van der Waals surface area contributed by atoms with Gasteiger partial charge in [-0.25, -0.2) is 9.50 Å². The average molecular weight is 481 g/mol. The van der Waals surface area contributed by atoms with Crippen LogP contribution in [0.3, 0.4) is 0 Å². The van der Waals surface area contributed by atoms with E-state index in [2.05, 4.69) is 20.6 Å². The number of carbonyl (C=O) groups is 2. The van der Waals surface area contributed by atoms with E-state index in [4.69, 9.17) is 15.2 Å². The first-order valence-corrected chi connectivity index (χ1v) is 11.5. The predicted molar refractivity (Wildman–Crippen MR) is 124 cm³/mol. The number of nitrogens with two attached hydrogens (primary N) is 1. The maximum atomic E-state index is 12.8. The lowest BCUT2D eigenvalue weighted by molar-refractivity contribution is -0.0848. The van der Waals surface area contributed by atoms with Gasteiger partial charge in [0.1, 0.15) is 24.0 Å². The third kappa shape index (κ3) is 4.76. The highest BCUT2D eigenvalue weighted by Gasteiger charge is 2.54. The van der Waals surface area contributed by atoms with Gasteiger partial charge >= 0.3 is 0 Å². The molecule has 3 aromatic rings. The number of nitrogens with one attached hydrogen (secondary N) is 1. The Labute approximate surface area is 201 Å². The van der Waals surface area contributed by atoms with Crippen LogP contribution in [0.4, 0.5) is 0 Å². The Morgan fingerprint density at radius 3 is 2.74 bits per heavy atom. The molecule has 3 heterocycles. The van der Waals surface area contributed by atoms with Crippen molar-refractivity contribution in [2.75, 3.05) is 6.61 Å². The first-order valence-electron chi connectivity index (χ1n) is 11.5. The van der Waals surface area contributed by atoms with Crippen LogP contribution in [0.2, 0.25) is 0 Å². The smallest absolute Gasteiger partial charge is 0.274 e. The molecular formula is C24H28N6O5. The summed E-state index contributed by atoms with van der Waals surface area (Å²) in [5.41, 5.74) is 5.69. The van der Waals surface area contributed by atoms with E-state index in [1.165, 1.54) is 4.52 Å². The maximum Gasteiger partial charge on any atom is 0.274 e. The predicted octanol–water partition coefficient (Wildman–Crippen LogP) is 1.49. The van der Waals surface area contributed by atoms with E-state index >= 15 is 0 Å². The molecule has 0 radical (unpaired) electrons. The summed E-state index contributed by atoms with van der Waals surface area (Å²) >= 11 is 0. The second-order valence-electron chi connectivity index (χ2n) is 10.2. The van der Waals surface area contributed by atoms with Gasteiger partial charge in [0.25, 0.3) is 11.8 Å². The molecule has 0 bridgehead atoms. The summed E-state index contributed by atoms with van der Waals surface area (Å²) in [6.07, 6.45) is 6.59. The van der Waals surface area contributed by atoms with Crippen LogP contribution in [0, 0.1) is 5.41 Å². The Bertz CT molecular complexity index is 1270. The molecule has 0 saturated heterocycles. The summed E-state index contributed by atoms with van der Waals surface area (Å²) in [6, 6.07) is 6.76. The summed E-state index contributed by atoms with van der Waals surface area (Å²) in [5.74, 6) is -0.0333. The largest absolute Gasteiger partial charge is 0.489 e. The van der Waals surface area contributed by atoms with Crippen molar-refractivity contribution >= 4 is 17.3 Å². The zero-order valence-electron chi connectivity index (χ0n) is 19.6. The standard InChI is InChI=1S/C24H28N6O5/c1-23(2,33)13-34-15-5-6-18-19(28-29-30(18)12-15)21(32)27-14-8-24(9-14)10-16(11-24)35-22-17(20(25)31)4-3-7-26-22/h3-7,12,14,16,33H,8-11,13H2,1-2H3,(H2,25,31)(H,27,32). The second kappa shape index (κ2) is 8.49. The molecule has 1 spiro atoms. The summed E-state index contributed by atoms with van der Waals surface area (Å²) < 4.78 is 13.0. The SMILES string of the molecule is CC(C)(O)COc1ccc2c(C(=O)NC3CC4(C3)CC(Oc3ncccc3C(N)=O)C4)nnn2c1. The van der Waals surface area contributed by atoms with Gasteiger partial charge in [-0.1, -0.05) is 5.21 Å². The second-order valence-corrected chi connectivity index (χ2v) is 10.2. The molecule has 3 aromatic heterocycles. The van der Waals surface area contributed by atoms with E-state index in [-0.39, 0.29) is 47.2 Å². The van der Waals surface area contributed by atoms with Crippen LogP contribution in [0.15, 0.2) is 36.7 Å². The van der Waals surface area contributed by atoms with Crippen LogP contribution in [-0.2, 0) is 0 Å². The van der Waals surface area contributed by atoms with Crippen molar-refractivity contribution in [3.05, 3.63) is 47.9 Å². The fourth-order valence-corrected chi connectivity index (χ4v) is 4.88. The van der Waals surface area contributed by atoms with Crippen molar-refractivity contribution in [2.45, 2.75) is 57.3 Å². The Morgan fingerprint density at radius 1 is 1.26 bits per heavy atom. The van der Waals surface area contributed by atoms with Crippen LogP contribution in [0.1, 0.15) is 60.4 Å². The van der Waals surface area contributed by atoms with Gasteiger partial charge < -0.3 is 25.6 Å². The molecule has 0 atom stereocenters. The van der Waals surface area contributed by atoms with Crippen molar-refractivity contribution in [3.8, 4) is 11.6 Å². The molecule has 2 aliphatic carbocycles. The Balaban J connectivity index is 1.13. The lowest BCUT2D eigenvalue weighted by Gasteiger charge is -2.57. The number of rotatable bonds is 8. The van der Waals surface area contributed by atoms with Crippen LogP contribution in [0.5, 0.6) is 11.6 Å². The van der Waals surface area contributed by atoms with E-state index in [0.29, 0.717) is 11.3 Å². The fraction of sp³-hybridized carbons (Fsp3) is 0.458. The zero-order chi connectivity index (χ0) is 24.8. The van der Waals surface area contributed by atoms with Crippen LogP contribution in [-0.4, -0.2) is 61.1 Å². The van der Waals surface area contributed by atoms with Crippen LogP contribution < -0.4 is 20.5 Å². The van der Waals surface area contributed by atoms with E-state index < -0.39 is 11.5 Å². The van der Waals surface area contributed by atoms with Gasteiger partial charge in [-0.2, -0.15) is 0 Å². The van der Waals surface area contributed by atoms with Gasteiger partial charge in [0.15, 0.2) is 5.69 Å². The molecule has 11 nitrogen and oxygen atoms in total. The number of aliphatic hydroxyl groups is 1. The first kappa shape index (κ1) is 23.0. The number of carbonyl (C=O) groups excluding carboxylic acids is 2. The molecule has 0 aromatic carbocycles. The van der Waals surface area contributed by atoms with Crippen molar-refractivity contribution in [1.29, 1.82) is 0 Å². The van der Waals surface area contributed by atoms with Gasteiger partial charge in [-0.15, -0.1) is 5.10 Å². The van der Waals surface area contributed by atoms with Crippen LogP contribution >= 0.6 is 0 Å². The number of aromatic nitrogens is 4.